The third-order valence-corrected chi connectivity index (χ3v) is 5.76. The van der Waals surface area contributed by atoms with Crippen LogP contribution in [0.3, 0.4) is 0 Å². The lowest BCUT2D eigenvalue weighted by Crippen LogP contribution is -2.52. The standard InChI is InChI=1S/C18H34O3S/c1-5-10-22-12-16-17(18(20)15(19)11-21-16)14(4)9-7-6-8-13(2)3/h14-20H,2,5-12H2,1,3-4H3. The molecule has 0 aromatic heterocycles. The Morgan fingerprint density at radius 3 is 2.73 bits per heavy atom. The number of rotatable bonds is 10. The number of ether oxygens (including phenoxy) is 1. The van der Waals surface area contributed by atoms with Crippen LogP contribution in [0.5, 0.6) is 0 Å². The van der Waals surface area contributed by atoms with Gasteiger partial charge in [-0.2, -0.15) is 11.8 Å². The van der Waals surface area contributed by atoms with Gasteiger partial charge in [-0.25, -0.2) is 0 Å². The maximum Gasteiger partial charge on any atom is 0.104 e. The molecule has 0 aromatic carbocycles. The molecule has 1 aliphatic heterocycles. The van der Waals surface area contributed by atoms with E-state index in [2.05, 4.69) is 27.4 Å². The number of thioether (sulfide) groups is 1. The van der Waals surface area contributed by atoms with Gasteiger partial charge in [-0.3, -0.25) is 0 Å². The summed E-state index contributed by atoms with van der Waals surface area (Å²) in [5, 5.41) is 20.4. The van der Waals surface area contributed by atoms with E-state index in [4.69, 9.17) is 4.74 Å². The molecule has 0 amide bonds. The van der Waals surface area contributed by atoms with Crippen molar-refractivity contribution >= 4 is 11.8 Å². The van der Waals surface area contributed by atoms with Crippen LogP contribution in [0.15, 0.2) is 12.2 Å². The molecule has 130 valence electrons. The maximum atomic E-state index is 10.4. The van der Waals surface area contributed by atoms with E-state index < -0.39 is 12.2 Å². The number of allylic oxidation sites excluding steroid dienone is 1. The van der Waals surface area contributed by atoms with Crippen molar-refractivity contribution in [2.75, 3.05) is 18.1 Å². The van der Waals surface area contributed by atoms with Crippen LogP contribution in [0.2, 0.25) is 0 Å². The molecule has 0 spiro atoms. The largest absolute Gasteiger partial charge is 0.390 e. The van der Waals surface area contributed by atoms with Crippen LogP contribution < -0.4 is 0 Å². The summed E-state index contributed by atoms with van der Waals surface area (Å²) in [6.45, 7) is 10.6. The molecule has 3 nitrogen and oxygen atoms in total. The van der Waals surface area contributed by atoms with Crippen molar-refractivity contribution in [3.63, 3.8) is 0 Å². The predicted octanol–water partition coefficient (Wildman–Crippen LogP) is 3.64. The Morgan fingerprint density at radius 2 is 2.09 bits per heavy atom. The zero-order chi connectivity index (χ0) is 16.5. The summed E-state index contributed by atoms with van der Waals surface area (Å²) in [7, 11) is 0. The van der Waals surface area contributed by atoms with E-state index in [0.717, 1.165) is 43.6 Å². The van der Waals surface area contributed by atoms with Crippen LogP contribution in [0.4, 0.5) is 0 Å². The van der Waals surface area contributed by atoms with Crippen molar-refractivity contribution in [3.8, 4) is 0 Å². The minimum atomic E-state index is -0.740. The van der Waals surface area contributed by atoms with E-state index in [-0.39, 0.29) is 18.6 Å². The molecule has 4 heteroatoms. The van der Waals surface area contributed by atoms with Gasteiger partial charge in [0.15, 0.2) is 0 Å². The lowest BCUT2D eigenvalue weighted by Gasteiger charge is -2.41. The summed E-state index contributed by atoms with van der Waals surface area (Å²) in [6.07, 6.45) is 4.26. The molecule has 22 heavy (non-hydrogen) atoms. The number of hydrogen-bond acceptors (Lipinski definition) is 4. The monoisotopic (exact) mass is 330 g/mol. The molecule has 1 heterocycles. The molecular weight excluding hydrogens is 296 g/mol. The van der Waals surface area contributed by atoms with E-state index in [1.807, 2.05) is 11.8 Å². The molecule has 1 fully saturated rings. The molecule has 0 bridgehead atoms. The number of unbranched alkanes of at least 4 members (excludes halogenated alkanes) is 1. The summed E-state index contributed by atoms with van der Waals surface area (Å²) in [5.74, 6) is 2.44. The zero-order valence-electron chi connectivity index (χ0n) is 14.5. The first-order chi connectivity index (χ1) is 10.5. The third kappa shape index (κ3) is 6.61. The molecule has 1 aliphatic rings. The van der Waals surface area contributed by atoms with E-state index >= 15 is 0 Å². The fourth-order valence-electron chi connectivity index (χ4n) is 3.20. The van der Waals surface area contributed by atoms with Crippen LogP contribution in [-0.2, 0) is 4.74 Å². The third-order valence-electron chi connectivity index (χ3n) is 4.50. The number of hydrogen-bond donors (Lipinski definition) is 2. The highest BCUT2D eigenvalue weighted by Crippen LogP contribution is 2.33. The van der Waals surface area contributed by atoms with Gasteiger partial charge in [0, 0.05) is 11.7 Å². The molecule has 0 aliphatic carbocycles. The van der Waals surface area contributed by atoms with E-state index in [1.54, 1.807) is 0 Å². The van der Waals surface area contributed by atoms with Gasteiger partial charge in [0.1, 0.15) is 6.10 Å². The molecule has 1 rings (SSSR count). The molecule has 0 radical (unpaired) electrons. The first-order valence-corrected chi connectivity index (χ1v) is 9.82. The zero-order valence-corrected chi connectivity index (χ0v) is 15.3. The Kier molecular flexibility index (Phi) is 9.73. The van der Waals surface area contributed by atoms with Crippen molar-refractivity contribution in [1.82, 2.24) is 0 Å². The van der Waals surface area contributed by atoms with Crippen molar-refractivity contribution < 1.29 is 14.9 Å². The fourth-order valence-corrected chi connectivity index (χ4v) is 4.21. The SMILES string of the molecule is C=C(C)CCCCC(C)C1C(CSCCC)OCC(O)C1O. The summed E-state index contributed by atoms with van der Waals surface area (Å²) in [4.78, 5) is 0. The minimum absolute atomic E-state index is 0.0398. The summed E-state index contributed by atoms with van der Waals surface area (Å²) < 4.78 is 5.84. The molecule has 1 saturated heterocycles. The van der Waals surface area contributed by atoms with Crippen LogP contribution in [-0.4, -0.2) is 46.6 Å². The van der Waals surface area contributed by atoms with Gasteiger partial charge in [0.05, 0.1) is 18.8 Å². The lowest BCUT2D eigenvalue weighted by molar-refractivity contribution is -0.164. The Hall–Kier alpha value is -0.0300. The van der Waals surface area contributed by atoms with E-state index in [9.17, 15) is 10.2 Å². The van der Waals surface area contributed by atoms with Gasteiger partial charge in [-0.15, -0.1) is 6.58 Å². The minimum Gasteiger partial charge on any atom is -0.390 e. The molecule has 5 atom stereocenters. The molecule has 2 N–H and O–H groups in total. The fraction of sp³-hybridized carbons (Fsp3) is 0.889. The van der Waals surface area contributed by atoms with Crippen molar-refractivity contribution in [1.29, 1.82) is 0 Å². The number of aliphatic hydroxyl groups excluding tert-OH is 2. The topological polar surface area (TPSA) is 49.7 Å². The second-order valence-corrected chi connectivity index (χ2v) is 7.91. The normalized spacial score (nSPS) is 30.2. The lowest BCUT2D eigenvalue weighted by atomic mass is 9.78. The van der Waals surface area contributed by atoms with E-state index in [0.29, 0.717) is 5.92 Å². The summed E-state index contributed by atoms with van der Waals surface area (Å²) in [5.41, 5.74) is 1.23. The Bertz CT molecular complexity index is 321. The van der Waals surface area contributed by atoms with Crippen LogP contribution in [0.1, 0.15) is 52.9 Å². The van der Waals surface area contributed by atoms with Crippen LogP contribution in [0, 0.1) is 11.8 Å². The van der Waals surface area contributed by atoms with Gasteiger partial charge in [-0.1, -0.05) is 32.3 Å². The number of aliphatic hydroxyl groups is 2. The average Bonchev–Trinajstić information content (AvgIpc) is 2.47. The second kappa shape index (κ2) is 10.7. The van der Waals surface area contributed by atoms with Crippen LogP contribution in [0.25, 0.3) is 0 Å². The Labute approximate surface area is 140 Å². The highest BCUT2D eigenvalue weighted by Gasteiger charge is 2.41. The van der Waals surface area contributed by atoms with Crippen molar-refractivity contribution in [2.45, 2.75) is 71.2 Å². The van der Waals surface area contributed by atoms with Gasteiger partial charge < -0.3 is 14.9 Å². The first kappa shape index (κ1) is 20.0. The molecule has 0 saturated carbocycles. The molecular formula is C18H34O3S. The van der Waals surface area contributed by atoms with Gasteiger partial charge >= 0.3 is 0 Å². The Balaban J connectivity index is 2.51. The summed E-state index contributed by atoms with van der Waals surface area (Å²) >= 11 is 1.89. The predicted molar refractivity (Wildman–Crippen MR) is 95.3 cm³/mol. The van der Waals surface area contributed by atoms with Crippen LogP contribution >= 0.6 is 11.8 Å². The van der Waals surface area contributed by atoms with Gasteiger partial charge in [0.25, 0.3) is 0 Å². The smallest absolute Gasteiger partial charge is 0.104 e. The summed E-state index contributed by atoms with van der Waals surface area (Å²) in [6, 6.07) is 0. The quantitative estimate of drug-likeness (QED) is 0.474. The average molecular weight is 331 g/mol. The van der Waals surface area contributed by atoms with Crippen molar-refractivity contribution in [3.05, 3.63) is 12.2 Å². The maximum absolute atomic E-state index is 10.4. The van der Waals surface area contributed by atoms with Gasteiger partial charge in [-0.05, 0) is 37.9 Å². The van der Waals surface area contributed by atoms with Gasteiger partial charge in [0.2, 0.25) is 0 Å². The first-order valence-electron chi connectivity index (χ1n) is 8.67. The second-order valence-electron chi connectivity index (χ2n) is 6.76. The van der Waals surface area contributed by atoms with E-state index in [1.165, 1.54) is 5.57 Å². The Morgan fingerprint density at radius 1 is 1.36 bits per heavy atom. The highest BCUT2D eigenvalue weighted by atomic mass is 32.2. The molecule has 0 aromatic rings. The molecule has 5 unspecified atom stereocenters. The highest BCUT2D eigenvalue weighted by molar-refractivity contribution is 7.99. The van der Waals surface area contributed by atoms with Crippen molar-refractivity contribution in [2.24, 2.45) is 11.8 Å².